The average Bonchev–Trinajstić information content (AvgIpc) is 3.07. The first-order chi connectivity index (χ1) is 13.8. The van der Waals surface area contributed by atoms with Crippen LogP contribution in [0.5, 0.6) is 0 Å². The van der Waals surface area contributed by atoms with Crippen LogP contribution in [0, 0.1) is 20.8 Å². The lowest BCUT2D eigenvalue weighted by molar-refractivity contribution is 0.102. The van der Waals surface area contributed by atoms with Gasteiger partial charge in [0.15, 0.2) is 5.58 Å². The van der Waals surface area contributed by atoms with Gasteiger partial charge in [-0.1, -0.05) is 46.5 Å². The molecule has 0 unspecified atom stereocenters. The number of fused-ring (bicyclic) bond motifs is 1. The Morgan fingerprint density at radius 3 is 2.41 bits per heavy atom. The number of hydrogen-bond acceptors (Lipinski definition) is 3. The van der Waals surface area contributed by atoms with Crippen LogP contribution in [0.25, 0.3) is 22.6 Å². The van der Waals surface area contributed by atoms with Crippen LogP contribution in [0.1, 0.15) is 27.0 Å². The number of carbonyl (C=O) groups is 1. The maximum absolute atomic E-state index is 12.8. The summed E-state index contributed by atoms with van der Waals surface area (Å²) >= 11 is 12.3. The molecule has 0 radical (unpaired) electrons. The molecule has 0 saturated heterocycles. The zero-order valence-electron chi connectivity index (χ0n) is 16.1. The van der Waals surface area contributed by atoms with Crippen LogP contribution >= 0.6 is 23.2 Å². The molecule has 1 amide bonds. The number of nitrogens with zero attached hydrogens (tertiary/aromatic N) is 1. The van der Waals surface area contributed by atoms with Crippen molar-refractivity contribution < 1.29 is 9.21 Å². The molecule has 0 spiro atoms. The number of halogens is 2. The Balaban J connectivity index is 1.69. The Morgan fingerprint density at radius 2 is 1.69 bits per heavy atom. The highest BCUT2D eigenvalue weighted by atomic mass is 35.5. The van der Waals surface area contributed by atoms with Gasteiger partial charge in [-0.3, -0.25) is 4.79 Å². The molecule has 1 heterocycles. The van der Waals surface area contributed by atoms with Gasteiger partial charge in [-0.25, -0.2) is 4.98 Å². The molecular formula is C23H18Cl2N2O2. The van der Waals surface area contributed by atoms with E-state index in [1.165, 1.54) is 0 Å². The van der Waals surface area contributed by atoms with Gasteiger partial charge in [0.05, 0.1) is 5.02 Å². The average molecular weight is 425 g/mol. The molecule has 146 valence electrons. The van der Waals surface area contributed by atoms with Gasteiger partial charge >= 0.3 is 0 Å². The first-order valence-electron chi connectivity index (χ1n) is 9.06. The number of rotatable bonds is 3. The number of nitrogens with one attached hydrogen (secondary N) is 1. The normalized spacial score (nSPS) is 11.1. The van der Waals surface area contributed by atoms with Crippen molar-refractivity contribution in [1.29, 1.82) is 0 Å². The lowest BCUT2D eigenvalue weighted by Gasteiger charge is -2.11. The summed E-state index contributed by atoms with van der Waals surface area (Å²) in [5.41, 5.74) is 6.13. The van der Waals surface area contributed by atoms with E-state index in [0.29, 0.717) is 38.3 Å². The Hall–Kier alpha value is -2.82. The Labute approximate surface area is 178 Å². The maximum Gasteiger partial charge on any atom is 0.255 e. The van der Waals surface area contributed by atoms with Crippen molar-refractivity contribution in [1.82, 2.24) is 4.98 Å². The molecule has 3 aromatic carbocycles. The molecule has 6 heteroatoms. The summed E-state index contributed by atoms with van der Waals surface area (Å²) in [7, 11) is 0. The molecular weight excluding hydrogens is 407 g/mol. The van der Waals surface area contributed by atoms with E-state index in [0.717, 1.165) is 22.3 Å². The summed E-state index contributed by atoms with van der Waals surface area (Å²) in [6.45, 7) is 5.88. The van der Waals surface area contributed by atoms with Crippen LogP contribution in [0.15, 0.2) is 52.9 Å². The van der Waals surface area contributed by atoms with Crippen LogP contribution in [0.3, 0.4) is 0 Å². The van der Waals surface area contributed by atoms with Gasteiger partial charge in [-0.05, 0) is 62.7 Å². The molecule has 0 atom stereocenters. The lowest BCUT2D eigenvalue weighted by Crippen LogP contribution is -2.13. The molecule has 4 aromatic rings. The molecule has 1 N–H and O–H groups in total. The first-order valence-corrected chi connectivity index (χ1v) is 9.82. The third-order valence-corrected chi connectivity index (χ3v) is 5.13. The van der Waals surface area contributed by atoms with Crippen molar-refractivity contribution in [3.8, 4) is 11.5 Å². The monoisotopic (exact) mass is 424 g/mol. The summed E-state index contributed by atoms with van der Waals surface area (Å²) in [6.07, 6.45) is 0. The van der Waals surface area contributed by atoms with Gasteiger partial charge in [0.1, 0.15) is 5.52 Å². The van der Waals surface area contributed by atoms with Crippen molar-refractivity contribution in [2.45, 2.75) is 20.8 Å². The summed E-state index contributed by atoms with van der Waals surface area (Å²) in [6, 6.07) is 14.7. The second-order valence-corrected chi connectivity index (χ2v) is 7.96. The number of hydrogen-bond donors (Lipinski definition) is 1. The fraction of sp³-hybridized carbons (Fsp3) is 0.130. The summed E-state index contributed by atoms with van der Waals surface area (Å²) in [5, 5.41) is 3.89. The third-order valence-electron chi connectivity index (χ3n) is 4.63. The van der Waals surface area contributed by atoms with Gasteiger partial charge in [-0.2, -0.15) is 0 Å². The summed E-state index contributed by atoms with van der Waals surface area (Å²) in [5.74, 6) is 0.246. The van der Waals surface area contributed by atoms with E-state index in [2.05, 4.69) is 10.3 Å². The van der Waals surface area contributed by atoms with Crippen molar-refractivity contribution >= 4 is 45.9 Å². The van der Waals surface area contributed by atoms with Crippen molar-refractivity contribution in [3.05, 3.63) is 80.8 Å². The van der Waals surface area contributed by atoms with E-state index in [4.69, 9.17) is 27.6 Å². The predicted octanol–water partition coefficient (Wildman–Crippen LogP) is 6.98. The number of amides is 1. The molecule has 29 heavy (non-hydrogen) atoms. The third kappa shape index (κ3) is 4.00. The van der Waals surface area contributed by atoms with E-state index in [9.17, 15) is 4.79 Å². The number of anilines is 1. The van der Waals surface area contributed by atoms with E-state index < -0.39 is 0 Å². The molecule has 0 saturated carbocycles. The Morgan fingerprint density at radius 1 is 0.966 bits per heavy atom. The molecule has 4 nitrogen and oxygen atoms in total. The molecule has 0 aliphatic carbocycles. The SMILES string of the molecule is Cc1cc(C)cc(C(=O)Nc2cc(-c3nc4cc(Cl)cc(Cl)c4o3)ccc2C)c1. The van der Waals surface area contributed by atoms with Crippen molar-refractivity contribution in [2.75, 3.05) is 5.32 Å². The first kappa shape index (κ1) is 19.5. The minimum atomic E-state index is -0.163. The predicted molar refractivity (Wildman–Crippen MR) is 118 cm³/mol. The summed E-state index contributed by atoms with van der Waals surface area (Å²) in [4.78, 5) is 17.2. The minimum absolute atomic E-state index is 0.163. The Kier molecular flexibility index (Phi) is 5.07. The molecule has 0 aliphatic heterocycles. The van der Waals surface area contributed by atoms with Gasteiger partial charge in [0, 0.05) is 21.8 Å². The van der Waals surface area contributed by atoms with Crippen molar-refractivity contribution in [2.24, 2.45) is 0 Å². The van der Waals surface area contributed by atoms with E-state index in [1.54, 1.807) is 12.1 Å². The fourth-order valence-electron chi connectivity index (χ4n) is 3.27. The highest BCUT2D eigenvalue weighted by Crippen LogP contribution is 2.33. The molecule has 0 aliphatic rings. The minimum Gasteiger partial charge on any atom is -0.435 e. The molecule has 0 fully saturated rings. The van der Waals surface area contributed by atoms with Crippen LogP contribution in [0.2, 0.25) is 10.0 Å². The van der Waals surface area contributed by atoms with Gasteiger partial charge < -0.3 is 9.73 Å². The van der Waals surface area contributed by atoms with Crippen LogP contribution in [-0.2, 0) is 0 Å². The number of oxazole rings is 1. The second kappa shape index (κ2) is 7.54. The fourth-order valence-corrected chi connectivity index (χ4v) is 3.79. The van der Waals surface area contributed by atoms with Crippen molar-refractivity contribution in [3.63, 3.8) is 0 Å². The second-order valence-electron chi connectivity index (χ2n) is 7.12. The van der Waals surface area contributed by atoms with E-state index in [-0.39, 0.29) is 5.91 Å². The Bertz CT molecular complexity index is 1240. The zero-order valence-corrected chi connectivity index (χ0v) is 17.7. The standard InChI is InChI=1S/C23H18Cl2N2O2/c1-12-6-13(2)8-16(7-12)22(28)26-19-9-15(5-4-14(19)3)23-27-20-11-17(24)10-18(25)21(20)29-23/h4-11H,1-3H3,(H,26,28). The van der Waals surface area contributed by atoms with Gasteiger partial charge in [0.25, 0.3) is 5.91 Å². The highest BCUT2D eigenvalue weighted by Gasteiger charge is 2.15. The number of aromatic nitrogens is 1. The molecule has 1 aromatic heterocycles. The largest absolute Gasteiger partial charge is 0.435 e. The number of carbonyl (C=O) groups excluding carboxylic acids is 1. The molecule has 0 bridgehead atoms. The van der Waals surface area contributed by atoms with Gasteiger partial charge in [-0.15, -0.1) is 0 Å². The summed E-state index contributed by atoms with van der Waals surface area (Å²) < 4.78 is 5.84. The highest BCUT2D eigenvalue weighted by molar-refractivity contribution is 6.38. The smallest absolute Gasteiger partial charge is 0.255 e. The number of aryl methyl sites for hydroxylation is 3. The lowest BCUT2D eigenvalue weighted by atomic mass is 10.1. The van der Waals surface area contributed by atoms with E-state index >= 15 is 0 Å². The van der Waals surface area contributed by atoms with Crippen LogP contribution < -0.4 is 5.32 Å². The van der Waals surface area contributed by atoms with E-state index in [1.807, 2.05) is 57.2 Å². The van der Waals surface area contributed by atoms with Crippen LogP contribution in [0.4, 0.5) is 5.69 Å². The topological polar surface area (TPSA) is 55.1 Å². The zero-order chi connectivity index (χ0) is 20.7. The maximum atomic E-state index is 12.8. The number of benzene rings is 3. The molecule has 4 rings (SSSR count). The van der Waals surface area contributed by atoms with Gasteiger partial charge in [0.2, 0.25) is 5.89 Å². The van der Waals surface area contributed by atoms with Crippen LogP contribution in [-0.4, -0.2) is 10.9 Å². The quantitative estimate of drug-likeness (QED) is 0.385.